The maximum absolute atomic E-state index is 14.8. The quantitative estimate of drug-likeness (QED) is 0.497. The summed E-state index contributed by atoms with van der Waals surface area (Å²) in [7, 11) is 0. The van der Waals surface area contributed by atoms with Gasteiger partial charge in [0.05, 0.1) is 23.5 Å². The first-order chi connectivity index (χ1) is 17.7. The predicted octanol–water partition coefficient (Wildman–Crippen LogP) is 4.73. The molecule has 196 valence electrons. The summed E-state index contributed by atoms with van der Waals surface area (Å²) in [5, 5.41) is 21.9. The molecule has 1 amide bonds. The lowest BCUT2D eigenvalue weighted by Crippen LogP contribution is -2.30. The summed E-state index contributed by atoms with van der Waals surface area (Å²) in [6, 6.07) is 6.20. The van der Waals surface area contributed by atoms with Crippen LogP contribution < -0.4 is 14.5 Å². The van der Waals surface area contributed by atoms with Crippen molar-refractivity contribution < 1.29 is 24.1 Å². The van der Waals surface area contributed by atoms with Gasteiger partial charge in [-0.3, -0.25) is 4.79 Å². The minimum absolute atomic E-state index is 0.000774. The molecule has 0 saturated carbocycles. The Morgan fingerprint density at radius 2 is 1.84 bits per heavy atom. The largest absolute Gasteiger partial charge is 0.508 e. The van der Waals surface area contributed by atoms with E-state index in [-0.39, 0.29) is 36.6 Å². The number of aryl methyl sites for hydroxylation is 1. The number of aliphatic hydroxyl groups is 1. The Morgan fingerprint density at radius 1 is 1.11 bits per heavy atom. The Hall–Kier alpha value is -3.46. The molecule has 5 rings (SSSR count). The number of phenolic OH excluding ortho intramolecular Hbond substituents is 1. The monoisotopic (exact) mass is 508 g/mol. The first-order valence-electron chi connectivity index (χ1n) is 12.9. The molecule has 0 atom stereocenters. The van der Waals surface area contributed by atoms with Gasteiger partial charge in [0.25, 0.3) is 5.91 Å². The molecule has 37 heavy (non-hydrogen) atoms. The molecule has 3 heterocycles. The van der Waals surface area contributed by atoms with Crippen LogP contribution in [0.15, 0.2) is 24.3 Å². The van der Waals surface area contributed by atoms with Crippen molar-refractivity contribution >= 4 is 28.2 Å². The smallest absolute Gasteiger partial charge is 0.318 e. The van der Waals surface area contributed by atoms with E-state index in [0.717, 1.165) is 38.8 Å². The number of phenols is 1. The number of ether oxygens (including phenoxy) is 1. The van der Waals surface area contributed by atoms with E-state index in [1.807, 2.05) is 6.92 Å². The zero-order valence-electron chi connectivity index (χ0n) is 21.6. The molecule has 2 aliphatic rings. The molecule has 1 aromatic heterocycles. The van der Waals surface area contributed by atoms with Crippen molar-refractivity contribution in [1.29, 1.82) is 0 Å². The van der Waals surface area contributed by atoms with Crippen LogP contribution in [0.2, 0.25) is 0 Å². The first kappa shape index (κ1) is 25.2. The summed E-state index contributed by atoms with van der Waals surface area (Å²) in [5.74, 6) is -0.121. The zero-order chi connectivity index (χ0) is 26.3. The number of anilines is 2. The minimum Gasteiger partial charge on any atom is -0.508 e. The van der Waals surface area contributed by atoms with Gasteiger partial charge in [0.1, 0.15) is 29.6 Å². The highest BCUT2D eigenvalue weighted by Gasteiger charge is 2.37. The van der Waals surface area contributed by atoms with Crippen LogP contribution in [0.5, 0.6) is 11.8 Å². The Morgan fingerprint density at radius 3 is 2.51 bits per heavy atom. The maximum Gasteiger partial charge on any atom is 0.318 e. The van der Waals surface area contributed by atoms with E-state index in [1.165, 1.54) is 12.1 Å². The average Bonchev–Trinajstić information content (AvgIpc) is 3.00. The summed E-state index contributed by atoms with van der Waals surface area (Å²) in [6.45, 7) is 6.81. The second-order valence-corrected chi connectivity index (χ2v) is 10.5. The number of aromatic nitrogens is 2. The van der Waals surface area contributed by atoms with Crippen molar-refractivity contribution in [2.24, 2.45) is 0 Å². The van der Waals surface area contributed by atoms with E-state index in [1.54, 1.807) is 30.9 Å². The van der Waals surface area contributed by atoms with Gasteiger partial charge in [-0.05, 0) is 56.2 Å². The Bertz CT molecular complexity index is 1350. The van der Waals surface area contributed by atoms with Crippen LogP contribution in [0.25, 0.3) is 10.8 Å². The molecule has 3 aromatic rings. The molecule has 0 aliphatic carbocycles. The molecule has 9 heteroatoms. The fourth-order valence-electron chi connectivity index (χ4n) is 5.21. The molecule has 1 saturated heterocycles. The summed E-state index contributed by atoms with van der Waals surface area (Å²) >= 11 is 0. The molecule has 8 nitrogen and oxygen atoms in total. The minimum atomic E-state index is -1.08. The predicted molar refractivity (Wildman–Crippen MR) is 140 cm³/mol. The fourth-order valence-corrected chi connectivity index (χ4v) is 5.21. The van der Waals surface area contributed by atoms with E-state index < -0.39 is 5.60 Å². The Kier molecular flexibility index (Phi) is 6.66. The van der Waals surface area contributed by atoms with Crippen LogP contribution in [-0.4, -0.2) is 51.4 Å². The SMILES string of the molecule is CCc1c(F)ccc2cc(O)cc(N3Cc4nc(OCC(C)(C)O)nc(N5CCCCCC5)c4C3=O)c12. The number of nitrogens with zero attached hydrogens (tertiary/aromatic N) is 4. The van der Waals surface area contributed by atoms with E-state index in [2.05, 4.69) is 14.9 Å². The van der Waals surface area contributed by atoms with Gasteiger partial charge < -0.3 is 24.7 Å². The van der Waals surface area contributed by atoms with Crippen molar-refractivity contribution in [3.8, 4) is 11.8 Å². The van der Waals surface area contributed by atoms with Gasteiger partial charge in [-0.25, -0.2) is 4.39 Å². The van der Waals surface area contributed by atoms with Gasteiger partial charge in [0, 0.05) is 24.5 Å². The number of rotatable bonds is 6. The molecule has 0 bridgehead atoms. The van der Waals surface area contributed by atoms with Gasteiger partial charge in [0.15, 0.2) is 0 Å². The molecular weight excluding hydrogens is 475 g/mol. The van der Waals surface area contributed by atoms with Crippen molar-refractivity contribution in [2.75, 3.05) is 29.5 Å². The Balaban J connectivity index is 1.63. The molecular formula is C28H33FN4O4. The zero-order valence-corrected chi connectivity index (χ0v) is 21.6. The van der Waals surface area contributed by atoms with Gasteiger partial charge in [0.2, 0.25) is 0 Å². The van der Waals surface area contributed by atoms with E-state index >= 15 is 0 Å². The lowest BCUT2D eigenvalue weighted by molar-refractivity contribution is 0.0249. The fraction of sp³-hybridized carbons (Fsp3) is 0.464. The number of amides is 1. The summed E-state index contributed by atoms with van der Waals surface area (Å²) < 4.78 is 20.6. The number of carbonyl (C=O) groups is 1. The van der Waals surface area contributed by atoms with Gasteiger partial charge in [-0.15, -0.1) is 0 Å². The molecule has 2 aliphatic heterocycles. The molecule has 0 radical (unpaired) electrons. The maximum atomic E-state index is 14.8. The highest BCUT2D eigenvalue weighted by atomic mass is 19.1. The van der Waals surface area contributed by atoms with Crippen LogP contribution in [0.1, 0.15) is 68.1 Å². The van der Waals surface area contributed by atoms with Crippen LogP contribution in [0.4, 0.5) is 15.9 Å². The normalized spacial score (nSPS) is 16.3. The van der Waals surface area contributed by atoms with E-state index in [0.29, 0.717) is 45.5 Å². The highest BCUT2D eigenvalue weighted by molar-refractivity contribution is 6.16. The lowest BCUT2D eigenvalue weighted by Gasteiger charge is -2.24. The first-order valence-corrected chi connectivity index (χ1v) is 12.9. The number of carbonyl (C=O) groups excluding carboxylic acids is 1. The highest BCUT2D eigenvalue weighted by Crippen LogP contribution is 2.41. The second kappa shape index (κ2) is 9.78. The number of fused-ring (bicyclic) bond motifs is 2. The topological polar surface area (TPSA) is 99.0 Å². The second-order valence-electron chi connectivity index (χ2n) is 10.5. The third-order valence-electron chi connectivity index (χ3n) is 6.95. The van der Waals surface area contributed by atoms with E-state index in [4.69, 9.17) is 4.74 Å². The lowest BCUT2D eigenvalue weighted by atomic mass is 9.99. The van der Waals surface area contributed by atoms with Crippen LogP contribution in [0, 0.1) is 5.82 Å². The summed E-state index contributed by atoms with van der Waals surface area (Å²) in [6.07, 6.45) is 4.66. The number of hydrogen-bond donors (Lipinski definition) is 2. The number of halogens is 1. The molecule has 0 unspecified atom stereocenters. The van der Waals surface area contributed by atoms with Gasteiger partial charge in [-0.2, -0.15) is 9.97 Å². The summed E-state index contributed by atoms with van der Waals surface area (Å²) in [5.41, 5.74) is 0.771. The van der Waals surface area contributed by atoms with Crippen LogP contribution in [-0.2, 0) is 13.0 Å². The van der Waals surface area contributed by atoms with Crippen LogP contribution >= 0.6 is 0 Å². The van der Waals surface area contributed by atoms with Crippen molar-refractivity contribution in [3.63, 3.8) is 0 Å². The van der Waals surface area contributed by atoms with Crippen molar-refractivity contribution in [2.45, 2.75) is 65.0 Å². The van der Waals surface area contributed by atoms with Crippen LogP contribution in [0.3, 0.4) is 0 Å². The number of aromatic hydroxyl groups is 1. The molecule has 1 fully saturated rings. The van der Waals surface area contributed by atoms with Gasteiger partial charge >= 0.3 is 6.01 Å². The summed E-state index contributed by atoms with van der Waals surface area (Å²) in [4.78, 5) is 26.8. The van der Waals surface area contributed by atoms with Crippen molar-refractivity contribution in [1.82, 2.24) is 9.97 Å². The van der Waals surface area contributed by atoms with Gasteiger partial charge in [-0.1, -0.05) is 25.8 Å². The number of benzene rings is 2. The standard InChI is InChI=1S/C28H33FN4O4/c1-4-19-20(29)10-9-17-13-18(34)14-22(23(17)19)33-15-21-24(26(33)35)25(32-11-7-5-6-8-12-32)31-27(30-21)37-16-28(2,3)36/h9-10,13-14,34,36H,4-8,11-12,15-16H2,1-3H3. The molecule has 2 N–H and O–H groups in total. The number of hydrogen-bond acceptors (Lipinski definition) is 7. The average molecular weight is 509 g/mol. The molecule has 0 spiro atoms. The Labute approximate surface area is 215 Å². The third-order valence-corrected chi connectivity index (χ3v) is 6.95. The third kappa shape index (κ3) is 4.92. The van der Waals surface area contributed by atoms with Crippen molar-refractivity contribution in [3.05, 3.63) is 46.9 Å². The molecule has 2 aromatic carbocycles. The van der Waals surface area contributed by atoms with E-state index in [9.17, 15) is 19.4 Å².